The van der Waals surface area contributed by atoms with E-state index in [-0.39, 0.29) is 0 Å². The summed E-state index contributed by atoms with van der Waals surface area (Å²) in [4.78, 5) is 2.39. The molecule has 0 amide bonds. The summed E-state index contributed by atoms with van der Waals surface area (Å²) in [6, 6.07) is 58.5. The van der Waals surface area contributed by atoms with Gasteiger partial charge in [-0.25, -0.2) is 0 Å². The van der Waals surface area contributed by atoms with E-state index in [9.17, 15) is 0 Å². The maximum Gasteiger partial charge on any atom is 0.160 e. The van der Waals surface area contributed by atoms with Crippen molar-refractivity contribution in [2.45, 2.75) is 13.8 Å². The first-order valence-electron chi connectivity index (χ1n) is 18.2. The van der Waals surface area contributed by atoms with Crippen LogP contribution < -0.4 is 9.64 Å². The highest BCUT2D eigenvalue weighted by molar-refractivity contribution is 6.32. The van der Waals surface area contributed by atoms with Crippen molar-refractivity contribution in [3.63, 3.8) is 0 Å². The summed E-state index contributed by atoms with van der Waals surface area (Å²) >= 11 is 0. The third-order valence-electron chi connectivity index (χ3n) is 11.2. The lowest BCUT2D eigenvalue weighted by atomic mass is 9.92. The summed E-state index contributed by atoms with van der Waals surface area (Å²) in [6.45, 7) is 4.36. The number of furan rings is 1. The highest BCUT2D eigenvalue weighted by atomic mass is 16.5. The van der Waals surface area contributed by atoms with Crippen molar-refractivity contribution < 1.29 is 9.15 Å². The summed E-state index contributed by atoms with van der Waals surface area (Å²) in [5.41, 5.74) is 11.3. The van der Waals surface area contributed by atoms with E-state index in [4.69, 9.17) is 9.15 Å². The van der Waals surface area contributed by atoms with E-state index in [2.05, 4.69) is 183 Å². The zero-order valence-electron chi connectivity index (χ0n) is 29.4. The topological polar surface area (TPSA) is 25.6 Å². The first kappa shape index (κ1) is 29.8. The fraction of sp³-hybridized carbons (Fsp3) is 0.0400. The Hall–Kier alpha value is -6.84. The van der Waals surface area contributed by atoms with Crippen molar-refractivity contribution in [3.8, 4) is 33.8 Å². The number of anilines is 3. The molecule has 0 saturated heterocycles. The highest BCUT2D eigenvalue weighted by Gasteiger charge is 2.32. The van der Waals surface area contributed by atoms with E-state index >= 15 is 0 Å². The number of ether oxygens (including phenoxy) is 1. The molecule has 1 aliphatic rings. The lowest BCUT2D eigenvalue weighted by molar-refractivity contribution is 0.478. The smallest absolute Gasteiger partial charge is 0.160 e. The van der Waals surface area contributed by atoms with Gasteiger partial charge in [-0.05, 0) is 82.2 Å². The molecule has 11 rings (SSSR count). The number of rotatable bonds is 2. The van der Waals surface area contributed by atoms with E-state index in [0.29, 0.717) is 0 Å². The monoisotopic (exact) mass is 679 g/mol. The normalized spacial score (nSPS) is 12.5. The van der Waals surface area contributed by atoms with Crippen molar-refractivity contribution in [1.82, 2.24) is 0 Å². The molecule has 0 aliphatic carbocycles. The van der Waals surface area contributed by atoms with Crippen LogP contribution in [0.5, 0.6) is 11.5 Å². The van der Waals surface area contributed by atoms with Gasteiger partial charge in [0.2, 0.25) is 0 Å². The maximum absolute atomic E-state index is 7.27. The molecule has 0 N–H and O–H groups in total. The average molecular weight is 680 g/mol. The minimum Gasteiger partial charge on any atom is -0.456 e. The highest BCUT2D eigenvalue weighted by Crippen LogP contribution is 2.56. The zero-order valence-corrected chi connectivity index (χ0v) is 29.4. The lowest BCUT2D eigenvalue weighted by Gasteiger charge is -2.29. The van der Waals surface area contributed by atoms with Gasteiger partial charge in [0.15, 0.2) is 5.58 Å². The molecule has 1 aromatic heterocycles. The zero-order chi connectivity index (χ0) is 35.2. The predicted molar refractivity (Wildman–Crippen MR) is 221 cm³/mol. The van der Waals surface area contributed by atoms with E-state index in [0.717, 1.165) is 83.7 Å². The number of nitrogens with zero attached hydrogens (tertiary/aromatic N) is 1. The second kappa shape index (κ2) is 11.3. The van der Waals surface area contributed by atoms with E-state index in [1.807, 2.05) is 0 Å². The van der Waals surface area contributed by atoms with Gasteiger partial charge >= 0.3 is 0 Å². The molecular formula is C50H33NO2. The molecule has 1 aliphatic heterocycles. The second-order valence-electron chi connectivity index (χ2n) is 14.1. The summed E-state index contributed by atoms with van der Waals surface area (Å²) in [7, 11) is 0. The quantitative estimate of drug-likeness (QED) is 0.170. The molecule has 3 nitrogen and oxygen atoms in total. The van der Waals surface area contributed by atoms with Crippen LogP contribution in [-0.2, 0) is 0 Å². The fourth-order valence-corrected chi connectivity index (χ4v) is 8.79. The molecule has 3 heteroatoms. The number of benzene rings is 9. The fourth-order valence-electron chi connectivity index (χ4n) is 8.79. The van der Waals surface area contributed by atoms with Crippen LogP contribution >= 0.6 is 0 Å². The Balaban J connectivity index is 1.31. The number of hydrogen-bond acceptors (Lipinski definition) is 3. The largest absolute Gasteiger partial charge is 0.456 e. The molecule has 0 unspecified atom stereocenters. The van der Waals surface area contributed by atoms with Gasteiger partial charge in [0.1, 0.15) is 17.1 Å². The number of para-hydroxylation sites is 2. The second-order valence-corrected chi connectivity index (χ2v) is 14.1. The van der Waals surface area contributed by atoms with Gasteiger partial charge in [-0.3, -0.25) is 0 Å². The molecular weight excluding hydrogens is 647 g/mol. The maximum atomic E-state index is 7.27. The van der Waals surface area contributed by atoms with Crippen molar-refractivity contribution in [1.29, 1.82) is 0 Å². The summed E-state index contributed by atoms with van der Waals surface area (Å²) in [6.07, 6.45) is 0. The molecule has 0 spiro atoms. The van der Waals surface area contributed by atoms with Gasteiger partial charge in [-0.15, -0.1) is 0 Å². The first-order valence-corrected chi connectivity index (χ1v) is 18.2. The first-order chi connectivity index (χ1) is 26.2. The average Bonchev–Trinajstić information content (AvgIpc) is 3.63. The van der Waals surface area contributed by atoms with Gasteiger partial charge in [0.05, 0.1) is 11.4 Å². The molecule has 0 atom stereocenters. The van der Waals surface area contributed by atoms with Crippen molar-refractivity contribution in [3.05, 3.63) is 175 Å². The predicted octanol–water partition coefficient (Wildman–Crippen LogP) is 14.6. The van der Waals surface area contributed by atoms with Gasteiger partial charge in [0, 0.05) is 44.1 Å². The summed E-state index contributed by atoms with van der Waals surface area (Å²) in [5.74, 6) is 1.67. The molecule has 2 bridgehead atoms. The van der Waals surface area contributed by atoms with Crippen LogP contribution in [0, 0.1) is 13.8 Å². The molecule has 0 fully saturated rings. The molecule has 2 heterocycles. The number of hydrogen-bond donors (Lipinski definition) is 0. The molecule has 250 valence electrons. The van der Waals surface area contributed by atoms with Crippen LogP contribution in [-0.4, -0.2) is 0 Å². The van der Waals surface area contributed by atoms with Gasteiger partial charge in [-0.1, -0.05) is 133 Å². The SMILES string of the molecule is Cc1c2c(C)c3c(oc4c5ccccc5c5ccccc5c43)c1N(c1ccccc1)c1ccc(-c3cccc4ccccc34)cc1-c1ccccc1O2. The van der Waals surface area contributed by atoms with Crippen LogP contribution in [0.25, 0.3) is 76.5 Å². The molecule has 53 heavy (non-hydrogen) atoms. The van der Waals surface area contributed by atoms with E-state index < -0.39 is 0 Å². The van der Waals surface area contributed by atoms with E-state index in [1.54, 1.807) is 0 Å². The molecule has 10 aromatic rings. The van der Waals surface area contributed by atoms with Crippen LogP contribution in [0.15, 0.2) is 168 Å². The summed E-state index contributed by atoms with van der Waals surface area (Å²) < 4.78 is 14.5. The third-order valence-corrected chi connectivity index (χ3v) is 11.2. The number of aryl methyl sites for hydroxylation is 1. The summed E-state index contributed by atoms with van der Waals surface area (Å²) in [5, 5.41) is 9.31. The molecule has 9 aromatic carbocycles. The minimum absolute atomic E-state index is 0.818. The lowest BCUT2D eigenvalue weighted by Crippen LogP contribution is -2.13. The Morgan fingerprint density at radius 3 is 1.92 bits per heavy atom. The Kier molecular flexibility index (Phi) is 6.38. The van der Waals surface area contributed by atoms with Crippen LogP contribution in [0.2, 0.25) is 0 Å². The Bertz CT molecular complexity index is 3110. The molecule has 0 saturated carbocycles. The van der Waals surface area contributed by atoms with Crippen molar-refractivity contribution in [2.75, 3.05) is 4.90 Å². The standard InChI is InChI=1S/C50H33NO2/c1-30-45-46-40-23-10-8-20-37(40)38-21-9-11-24-41(38)49(46)53-50(45)47-31(2)48(30)52-44-26-13-12-22-39(44)42-29-33(36-25-14-16-32-15-6-7-19-35(32)36)27-28-43(42)51(47)34-17-4-3-5-18-34/h3-29H,1-2H3. The van der Waals surface area contributed by atoms with Crippen LogP contribution in [0.4, 0.5) is 17.1 Å². The van der Waals surface area contributed by atoms with E-state index in [1.165, 1.54) is 32.5 Å². The number of fused-ring (bicyclic) bond motifs is 15. The van der Waals surface area contributed by atoms with Crippen LogP contribution in [0.1, 0.15) is 11.1 Å². The molecule has 0 radical (unpaired) electrons. The van der Waals surface area contributed by atoms with Gasteiger partial charge in [0.25, 0.3) is 0 Å². The van der Waals surface area contributed by atoms with Crippen molar-refractivity contribution in [2.24, 2.45) is 0 Å². The Labute approximate surface area is 306 Å². The minimum atomic E-state index is 0.818. The van der Waals surface area contributed by atoms with Gasteiger partial charge in [-0.2, -0.15) is 0 Å². The van der Waals surface area contributed by atoms with Gasteiger partial charge < -0.3 is 14.1 Å². The Morgan fingerprint density at radius 1 is 0.453 bits per heavy atom. The van der Waals surface area contributed by atoms with Crippen LogP contribution in [0.3, 0.4) is 0 Å². The Morgan fingerprint density at radius 2 is 1.09 bits per heavy atom. The van der Waals surface area contributed by atoms with Crippen molar-refractivity contribution >= 4 is 71.3 Å². The third kappa shape index (κ3) is 4.28.